The molecule has 2 bridgehead atoms. The maximum Gasteiger partial charge on any atom is 0.391 e. The number of amides is 2. The average molecular weight is 434 g/mol. The third-order valence-electron chi connectivity index (χ3n) is 5.53. The Morgan fingerprint density at radius 3 is 2.81 bits per heavy atom. The van der Waals surface area contributed by atoms with Crippen LogP contribution in [0.5, 0.6) is 0 Å². The van der Waals surface area contributed by atoms with Crippen molar-refractivity contribution in [3.8, 4) is 0 Å². The normalized spacial score (nSPS) is 18.5. The number of nitrogens with zero attached hydrogens (tertiary/aromatic N) is 5. The molecule has 2 atom stereocenters. The van der Waals surface area contributed by atoms with Crippen LogP contribution >= 0.6 is 0 Å². The molecule has 2 aromatic rings. The van der Waals surface area contributed by atoms with Crippen molar-refractivity contribution in [1.82, 2.24) is 15.2 Å². The fourth-order valence-corrected chi connectivity index (χ4v) is 3.82. The summed E-state index contributed by atoms with van der Waals surface area (Å²) in [5.74, 6) is -1.96. The molecule has 0 aromatic carbocycles. The molecule has 0 aliphatic carbocycles. The SMILES string of the molecule is Cc1cnnc(NC(=O)N2c3nc(C(=O)C[C@H](C)C(F)(F)F)ccc3N3CC[C@H]2C3)c1. The number of halogens is 3. The molecular weight excluding hydrogens is 413 g/mol. The minimum atomic E-state index is -4.46. The number of anilines is 3. The lowest BCUT2D eigenvalue weighted by Gasteiger charge is -2.35. The smallest absolute Gasteiger partial charge is 0.366 e. The van der Waals surface area contributed by atoms with Gasteiger partial charge in [0.05, 0.1) is 23.8 Å². The van der Waals surface area contributed by atoms with Crippen molar-refractivity contribution in [1.29, 1.82) is 0 Å². The van der Waals surface area contributed by atoms with Gasteiger partial charge >= 0.3 is 12.2 Å². The van der Waals surface area contributed by atoms with Crippen LogP contribution in [0.2, 0.25) is 0 Å². The molecule has 1 saturated heterocycles. The second-order valence-electron chi connectivity index (χ2n) is 7.92. The van der Waals surface area contributed by atoms with E-state index in [0.29, 0.717) is 25.2 Å². The number of urea groups is 1. The summed E-state index contributed by atoms with van der Waals surface area (Å²) < 4.78 is 38.6. The lowest BCUT2D eigenvalue weighted by molar-refractivity contribution is -0.168. The molecule has 2 aliphatic heterocycles. The number of aryl methyl sites for hydroxylation is 1. The number of carbonyl (C=O) groups is 2. The monoisotopic (exact) mass is 434 g/mol. The summed E-state index contributed by atoms with van der Waals surface area (Å²) in [5, 5.41) is 10.4. The van der Waals surface area contributed by atoms with Gasteiger partial charge in [-0.1, -0.05) is 6.92 Å². The third kappa shape index (κ3) is 4.17. The minimum Gasteiger partial charge on any atom is -0.366 e. The number of ketones is 1. The van der Waals surface area contributed by atoms with E-state index in [1.54, 1.807) is 18.3 Å². The summed E-state index contributed by atoms with van der Waals surface area (Å²) in [6, 6.07) is 4.08. The Kier molecular flexibility index (Phi) is 5.28. The highest BCUT2D eigenvalue weighted by molar-refractivity contribution is 6.05. The fourth-order valence-electron chi connectivity index (χ4n) is 3.82. The molecule has 2 amide bonds. The average Bonchev–Trinajstić information content (AvgIpc) is 3.11. The van der Waals surface area contributed by atoms with Gasteiger partial charge in [-0.25, -0.2) is 9.78 Å². The van der Waals surface area contributed by atoms with Crippen molar-refractivity contribution in [2.24, 2.45) is 5.92 Å². The van der Waals surface area contributed by atoms with Gasteiger partial charge in [-0.15, -0.1) is 5.10 Å². The van der Waals surface area contributed by atoms with Crippen molar-refractivity contribution in [3.63, 3.8) is 0 Å². The van der Waals surface area contributed by atoms with Crippen LogP contribution in [0, 0.1) is 12.8 Å². The molecule has 4 heterocycles. The largest absolute Gasteiger partial charge is 0.391 e. The zero-order valence-corrected chi connectivity index (χ0v) is 17.0. The fraction of sp³-hybridized carbons (Fsp3) is 0.450. The van der Waals surface area contributed by atoms with E-state index in [4.69, 9.17) is 0 Å². The maximum atomic E-state index is 13.1. The number of hydrogen-bond acceptors (Lipinski definition) is 6. The van der Waals surface area contributed by atoms with Crippen molar-refractivity contribution >= 4 is 29.1 Å². The molecule has 0 spiro atoms. The summed E-state index contributed by atoms with van der Waals surface area (Å²) in [6.45, 7) is 4.10. The molecular formula is C20H21F3N6O2. The highest BCUT2D eigenvalue weighted by atomic mass is 19.4. The van der Waals surface area contributed by atoms with Gasteiger partial charge in [0.25, 0.3) is 0 Å². The minimum absolute atomic E-state index is 0.0921. The van der Waals surface area contributed by atoms with E-state index in [2.05, 4.69) is 25.4 Å². The van der Waals surface area contributed by atoms with Crippen LogP contribution in [0.4, 0.5) is 35.3 Å². The van der Waals surface area contributed by atoms with Crippen LogP contribution in [0.25, 0.3) is 0 Å². The zero-order valence-electron chi connectivity index (χ0n) is 17.0. The first kappa shape index (κ1) is 21.0. The predicted molar refractivity (Wildman–Crippen MR) is 107 cm³/mol. The van der Waals surface area contributed by atoms with Crippen LogP contribution in [-0.4, -0.2) is 52.3 Å². The standard InChI is InChI=1S/C20H21F3N6O2/c1-11-7-17(27-24-9-11)26-19(31)29-13-5-6-28(10-13)15-4-3-14(25-18(15)29)16(30)8-12(2)20(21,22)23/h3-4,7,9,12-13H,5-6,8,10H2,1-2H3,(H,26,27,31)/t12-,13-/m0/s1. The Balaban J connectivity index is 1.63. The van der Waals surface area contributed by atoms with Crippen LogP contribution in [-0.2, 0) is 0 Å². The van der Waals surface area contributed by atoms with Gasteiger partial charge in [-0.3, -0.25) is 15.0 Å². The summed E-state index contributed by atoms with van der Waals surface area (Å²) in [6.07, 6.45) is -2.90. The molecule has 11 heteroatoms. The predicted octanol–water partition coefficient (Wildman–Crippen LogP) is 3.58. The van der Waals surface area contributed by atoms with Gasteiger partial charge in [0.15, 0.2) is 17.4 Å². The molecule has 0 unspecified atom stereocenters. The molecule has 2 aromatic heterocycles. The Morgan fingerprint density at radius 1 is 1.32 bits per heavy atom. The Morgan fingerprint density at radius 2 is 2.10 bits per heavy atom. The topological polar surface area (TPSA) is 91.3 Å². The zero-order chi connectivity index (χ0) is 22.3. The van der Waals surface area contributed by atoms with Crippen molar-refractivity contribution in [2.45, 2.75) is 38.9 Å². The highest BCUT2D eigenvalue weighted by Gasteiger charge is 2.41. The number of Topliss-reactive ketones (excluding diaryl/α,β-unsaturated/α-hetero) is 1. The molecule has 0 radical (unpaired) electrons. The number of carbonyl (C=O) groups excluding carboxylic acids is 2. The first-order valence-corrected chi connectivity index (χ1v) is 9.89. The van der Waals surface area contributed by atoms with E-state index < -0.39 is 30.3 Å². The quantitative estimate of drug-likeness (QED) is 0.740. The summed E-state index contributed by atoms with van der Waals surface area (Å²) in [4.78, 5) is 33.4. The molecule has 2 aliphatic rings. The van der Waals surface area contributed by atoms with Gasteiger partial charge in [0.2, 0.25) is 0 Å². The molecule has 4 rings (SSSR count). The van der Waals surface area contributed by atoms with Gasteiger partial charge in [-0.2, -0.15) is 18.3 Å². The number of pyridine rings is 1. The number of rotatable bonds is 4. The Labute approximate surface area is 176 Å². The third-order valence-corrected chi connectivity index (χ3v) is 5.53. The lowest BCUT2D eigenvalue weighted by Crippen LogP contribution is -2.48. The number of hydrogen-bond donors (Lipinski definition) is 1. The van der Waals surface area contributed by atoms with E-state index in [-0.39, 0.29) is 23.4 Å². The Bertz CT molecular complexity index is 1030. The number of alkyl halides is 3. The van der Waals surface area contributed by atoms with Crippen molar-refractivity contribution in [3.05, 3.63) is 35.7 Å². The van der Waals surface area contributed by atoms with E-state index in [9.17, 15) is 22.8 Å². The second kappa shape index (κ2) is 7.78. The summed E-state index contributed by atoms with van der Waals surface area (Å²) in [7, 11) is 0. The lowest BCUT2D eigenvalue weighted by atomic mass is 10.0. The van der Waals surface area contributed by atoms with E-state index in [1.807, 2.05) is 6.92 Å². The van der Waals surface area contributed by atoms with Crippen LogP contribution < -0.4 is 15.1 Å². The first-order valence-electron chi connectivity index (χ1n) is 9.89. The molecule has 31 heavy (non-hydrogen) atoms. The van der Waals surface area contributed by atoms with Gasteiger partial charge in [0, 0.05) is 19.5 Å². The van der Waals surface area contributed by atoms with Crippen LogP contribution in [0.3, 0.4) is 0 Å². The molecule has 1 fully saturated rings. The molecule has 1 N–H and O–H groups in total. The maximum absolute atomic E-state index is 13.1. The Hall–Kier alpha value is -3.24. The first-order chi connectivity index (χ1) is 14.6. The van der Waals surface area contributed by atoms with Crippen molar-refractivity contribution < 1.29 is 22.8 Å². The summed E-state index contributed by atoms with van der Waals surface area (Å²) >= 11 is 0. The van der Waals surface area contributed by atoms with Crippen LogP contribution in [0.15, 0.2) is 24.4 Å². The molecule has 8 nitrogen and oxygen atoms in total. The van der Waals surface area contributed by atoms with E-state index >= 15 is 0 Å². The second-order valence-corrected chi connectivity index (χ2v) is 7.92. The van der Waals surface area contributed by atoms with Crippen LogP contribution in [0.1, 0.15) is 35.8 Å². The van der Waals surface area contributed by atoms with Gasteiger partial charge in [0.1, 0.15) is 5.69 Å². The molecule has 0 saturated carbocycles. The molecule has 164 valence electrons. The highest BCUT2D eigenvalue weighted by Crippen LogP contribution is 2.39. The van der Waals surface area contributed by atoms with E-state index in [0.717, 1.165) is 12.5 Å². The van der Waals surface area contributed by atoms with Crippen molar-refractivity contribution in [2.75, 3.05) is 28.2 Å². The number of nitrogens with one attached hydrogen (secondary N) is 1. The number of aromatic nitrogens is 3. The summed E-state index contributed by atoms with van der Waals surface area (Å²) in [5.41, 5.74) is 1.39. The number of fused-ring (bicyclic) bond motifs is 4. The van der Waals surface area contributed by atoms with Gasteiger partial charge < -0.3 is 4.90 Å². The van der Waals surface area contributed by atoms with E-state index in [1.165, 1.54) is 11.0 Å². The van der Waals surface area contributed by atoms with Gasteiger partial charge in [-0.05, 0) is 37.1 Å².